The van der Waals surface area contributed by atoms with Gasteiger partial charge in [-0.05, 0) is 23.8 Å². The lowest BCUT2D eigenvalue weighted by Gasteiger charge is -2.25. The molecule has 9 heteroatoms. The summed E-state index contributed by atoms with van der Waals surface area (Å²) in [6.45, 7) is 2.15. The second-order valence-corrected chi connectivity index (χ2v) is 7.19. The topological polar surface area (TPSA) is 82.0 Å². The smallest absolute Gasteiger partial charge is 0.341 e. The van der Waals surface area contributed by atoms with Gasteiger partial charge in [-0.25, -0.2) is 14.2 Å². The summed E-state index contributed by atoms with van der Waals surface area (Å²) in [6, 6.07) is 9.94. The molecule has 4 rings (SSSR count). The summed E-state index contributed by atoms with van der Waals surface area (Å²) >= 11 is 5.81. The van der Waals surface area contributed by atoms with E-state index in [4.69, 9.17) is 21.1 Å². The van der Waals surface area contributed by atoms with Crippen molar-refractivity contribution in [3.05, 3.63) is 58.5 Å². The van der Waals surface area contributed by atoms with E-state index in [9.17, 15) is 9.18 Å². The van der Waals surface area contributed by atoms with Gasteiger partial charge in [-0.3, -0.25) is 0 Å². The van der Waals surface area contributed by atoms with Gasteiger partial charge in [0.1, 0.15) is 11.5 Å². The number of ether oxygens (including phenoxy) is 2. The van der Waals surface area contributed by atoms with Crippen LogP contribution in [0.15, 0.2) is 41.6 Å². The molecule has 1 aromatic heterocycles. The molecule has 1 saturated heterocycles. The van der Waals surface area contributed by atoms with Crippen LogP contribution in [-0.2, 0) is 14.4 Å². The van der Waals surface area contributed by atoms with E-state index in [2.05, 4.69) is 20.3 Å². The fourth-order valence-corrected chi connectivity index (χ4v) is 3.40. The number of oxime groups is 1. The molecule has 0 radical (unpaired) electrons. The van der Waals surface area contributed by atoms with Crippen LogP contribution in [0.3, 0.4) is 0 Å². The lowest BCUT2D eigenvalue weighted by Crippen LogP contribution is -2.29. The first kappa shape index (κ1) is 19.8. The van der Waals surface area contributed by atoms with Crippen molar-refractivity contribution in [2.24, 2.45) is 11.1 Å². The van der Waals surface area contributed by atoms with Crippen LogP contribution in [0.4, 0.5) is 4.39 Å². The number of benzene rings is 1. The number of rotatable bonds is 5. The molecule has 152 valence electrons. The van der Waals surface area contributed by atoms with Crippen molar-refractivity contribution in [2.75, 3.05) is 26.3 Å². The van der Waals surface area contributed by atoms with Crippen molar-refractivity contribution in [3.8, 4) is 5.88 Å². The Morgan fingerprint density at radius 3 is 3.00 bits per heavy atom. The van der Waals surface area contributed by atoms with Crippen molar-refractivity contribution in [2.45, 2.75) is 12.5 Å². The van der Waals surface area contributed by atoms with Gasteiger partial charge >= 0.3 is 5.97 Å². The molecule has 0 amide bonds. The van der Waals surface area contributed by atoms with Crippen molar-refractivity contribution < 1.29 is 23.5 Å². The van der Waals surface area contributed by atoms with Gasteiger partial charge in [0.2, 0.25) is 5.88 Å². The summed E-state index contributed by atoms with van der Waals surface area (Å²) < 4.78 is 25.8. The Morgan fingerprint density at radius 2 is 2.21 bits per heavy atom. The zero-order chi connectivity index (χ0) is 20.2. The summed E-state index contributed by atoms with van der Waals surface area (Å²) in [5.41, 5.74) is 1.70. The number of nitrogens with zero attached hydrogens (tertiary/aromatic N) is 2. The van der Waals surface area contributed by atoms with Crippen LogP contribution in [0.2, 0.25) is 5.02 Å². The Balaban J connectivity index is 1.48. The first-order chi connectivity index (χ1) is 14.1. The largest absolute Gasteiger partial charge is 0.477 e. The minimum Gasteiger partial charge on any atom is -0.477 e. The minimum absolute atomic E-state index is 0.0720. The quantitative estimate of drug-likeness (QED) is 0.750. The van der Waals surface area contributed by atoms with Crippen LogP contribution in [0.1, 0.15) is 23.8 Å². The summed E-state index contributed by atoms with van der Waals surface area (Å²) in [6.07, 6.45) is -0.258. The number of hydrogen-bond donors (Lipinski definition) is 1. The average molecular weight is 420 g/mol. The third-order valence-electron chi connectivity index (χ3n) is 4.72. The maximum absolute atomic E-state index is 13.9. The van der Waals surface area contributed by atoms with Crippen molar-refractivity contribution in [1.29, 1.82) is 0 Å². The highest BCUT2D eigenvalue weighted by molar-refractivity contribution is 6.30. The van der Waals surface area contributed by atoms with Gasteiger partial charge in [0.15, 0.2) is 0 Å². The van der Waals surface area contributed by atoms with Gasteiger partial charge in [-0.1, -0.05) is 28.9 Å². The van der Waals surface area contributed by atoms with E-state index in [1.54, 1.807) is 24.3 Å². The average Bonchev–Trinajstić information content (AvgIpc) is 3.02. The highest BCUT2D eigenvalue weighted by Crippen LogP contribution is 2.30. The zero-order valence-corrected chi connectivity index (χ0v) is 16.2. The minimum atomic E-state index is -0.479. The molecule has 0 bridgehead atoms. The number of hydrogen-bond acceptors (Lipinski definition) is 7. The number of carbonyl (C=O) groups is 1. The molecule has 7 nitrogen and oxygen atoms in total. The lowest BCUT2D eigenvalue weighted by atomic mass is 9.96. The van der Waals surface area contributed by atoms with E-state index in [1.807, 2.05) is 0 Å². The first-order valence-electron chi connectivity index (χ1n) is 9.24. The molecule has 29 heavy (non-hydrogen) atoms. The Bertz CT molecular complexity index is 940. The van der Waals surface area contributed by atoms with E-state index < -0.39 is 11.8 Å². The number of carbonyl (C=O) groups excluding carboxylic acids is 1. The van der Waals surface area contributed by atoms with Crippen molar-refractivity contribution >= 4 is 23.3 Å². The summed E-state index contributed by atoms with van der Waals surface area (Å²) in [7, 11) is 0. The molecule has 1 fully saturated rings. The number of nitrogens with one attached hydrogen (secondary N) is 1. The van der Waals surface area contributed by atoms with E-state index in [0.717, 1.165) is 0 Å². The van der Waals surface area contributed by atoms with E-state index in [0.29, 0.717) is 49.2 Å². The number of halogens is 2. The van der Waals surface area contributed by atoms with E-state index in [1.165, 1.54) is 12.1 Å². The van der Waals surface area contributed by atoms with Crippen LogP contribution < -0.4 is 10.1 Å². The van der Waals surface area contributed by atoms with Gasteiger partial charge in [-0.15, -0.1) is 0 Å². The van der Waals surface area contributed by atoms with Gasteiger partial charge in [0.05, 0.1) is 36.5 Å². The van der Waals surface area contributed by atoms with Gasteiger partial charge in [0, 0.05) is 25.1 Å². The first-order valence-corrected chi connectivity index (χ1v) is 9.62. The molecule has 1 aromatic carbocycles. The molecule has 0 unspecified atom stereocenters. The molecule has 0 saturated carbocycles. The molecular weight excluding hydrogens is 401 g/mol. The highest BCUT2D eigenvalue weighted by Gasteiger charge is 2.28. The summed E-state index contributed by atoms with van der Waals surface area (Å²) in [5, 5.41) is 7.11. The Labute approximate surface area is 171 Å². The zero-order valence-electron chi connectivity index (χ0n) is 15.4. The second-order valence-electron chi connectivity index (χ2n) is 6.78. The van der Waals surface area contributed by atoms with Crippen LogP contribution >= 0.6 is 11.6 Å². The number of pyridine rings is 1. The maximum atomic E-state index is 13.9. The second kappa shape index (κ2) is 8.86. The van der Waals surface area contributed by atoms with Gasteiger partial charge in [0.25, 0.3) is 0 Å². The normalized spacial score (nSPS) is 22.0. The third-order valence-corrected chi connectivity index (χ3v) is 5.02. The Morgan fingerprint density at radius 1 is 1.31 bits per heavy atom. The maximum Gasteiger partial charge on any atom is 0.341 e. The van der Waals surface area contributed by atoms with Gasteiger partial charge in [-0.2, -0.15) is 0 Å². The highest BCUT2D eigenvalue weighted by atomic mass is 35.5. The standard InChI is InChI=1S/C20H19ClFN3O4/c21-14-5-4-12(8-15(14)22)20-13(10-23-6-7-27-20)11-28-18-3-1-2-16(24-18)17-9-19(26)29-25-17/h1-5,8,13,20,23H,6-7,9-11H2/t13-,20-/m0/s1. The SMILES string of the molecule is O=C1CC(c2cccc(OC[C@@H]3CNCCO[C@H]3c3ccc(Cl)c(F)c3)n2)=NO1. The predicted molar refractivity (Wildman–Crippen MR) is 103 cm³/mol. The van der Waals surface area contributed by atoms with Crippen molar-refractivity contribution in [3.63, 3.8) is 0 Å². The fraction of sp³-hybridized carbons (Fsp3) is 0.350. The lowest BCUT2D eigenvalue weighted by molar-refractivity contribution is -0.140. The van der Waals surface area contributed by atoms with Gasteiger partial charge < -0.3 is 19.6 Å². The molecule has 3 heterocycles. The third kappa shape index (κ3) is 4.72. The van der Waals surface area contributed by atoms with Crippen LogP contribution in [0, 0.1) is 11.7 Å². The molecule has 1 N–H and O–H groups in total. The summed E-state index contributed by atoms with van der Waals surface area (Å²) in [5.74, 6) is -0.562. The Kier molecular flexibility index (Phi) is 6.03. The van der Waals surface area contributed by atoms with Crippen LogP contribution in [0.25, 0.3) is 0 Å². The molecule has 2 atom stereocenters. The molecular formula is C20H19ClFN3O4. The molecule has 2 aliphatic rings. The van der Waals surface area contributed by atoms with E-state index in [-0.39, 0.29) is 23.5 Å². The molecule has 0 spiro atoms. The van der Waals surface area contributed by atoms with Crippen LogP contribution in [0.5, 0.6) is 5.88 Å². The molecule has 2 aromatic rings. The Hall–Kier alpha value is -2.55. The monoisotopic (exact) mass is 419 g/mol. The predicted octanol–water partition coefficient (Wildman–Crippen LogP) is 2.88. The molecule has 2 aliphatic heterocycles. The molecule has 0 aliphatic carbocycles. The summed E-state index contributed by atoms with van der Waals surface area (Å²) in [4.78, 5) is 20.3. The fourth-order valence-electron chi connectivity index (χ4n) is 3.29. The van der Waals surface area contributed by atoms with Crippen LogP contribution in [-0.4, -0.2) is 43.0 Å². The van der Waals surface area contributed by atoms with E-state index >= 15 is 0 Å². The van der Waals surface area contributed by atoms with Crippen molar-refractivity contribution in [1.82, 2.24) is 10.3 Å². The number of aromatic nitrogens is 1.